The van der Waals surface area contributed by atoms with Crippen LogP contribution < -0.4 is 10.6 Å². The molecule has 0 aromatic carbocycles. The Morgan fingerprint density at radius 2 is 2.00 bits per heavy atom. The van der Waals surface area contributed by atoms with E-state index in [4.69, 9.17) is 4.74 Å². The molecular weight excluding hydrogens is 304 g/mol. The molecule has 1 aliphatic carbocycles. The number of hydrogen-bond donors (Lipinski definition) is 2. The average Bonchev–Trinajstić information content (AvgIpc) is 3.26. The van der Waals surface area contributed by atoms with Crippen molar-refractivity contribution in [3.05, 3.63) is 0 Å². The summed E-state index contributed by atoms with van der Waals surface area (Å²) in [7, 11) is 3.52. The quantitative estimate of drug-likeness (QED) is 0.548. The summed E-state index contributed by atoms with van der Waals surface area (Å²) in [5, 5.41) is 6.85. The number of aliphatic imine (C=N–C) groups is 1. The van der Waals surface area contributed by atoms with Gasteiger partial charge in [-0.2, -0.15) is 0 Å². The van der Waals surface area contributed by atoms with Gasteiger partial charge >= 0.3 is 0 Å². The molecule has 2 aliphatic rings. The molecule has 1 heterocycles. The zero-order valence-corrected chi connectivity index (χ0v) is 15.6. The molecule has 1 aliphatic heterocycles. The summed E-state index contributed by atoms with van der Waals surface area (Å²) in [6.45, 7) is 4.98. The first-order chi connectivity index (χ1) is 11.5. The third-order valence-electron chi connectivity index (χ3n) is 5.44. The molecule has 0 bridgehead atoms. The van der Waals surface area contributed by atoms with Gasteiger partial charge in [-0.1, -0.05) is 19.8 Å². The molecule has 0 spiro atoms. The van der Waals surface area contributed by atoms with Crippen LogP contribution in [0.4, 0.5) is 0 Å². The van der Waals surface area contributed by atoms with Gasteiger partial charge in [0.05, 0.1) is 6.10 Å². The zero-order valence-electron chi connectivity index (χ0n) is 15.6. The van der Waals surface area contributed by atoms with Crippen LogP contribution in [-0.2, 0) is 9.53 Å². The van der Waals surface area contributed by atoms with Gasteiger partial charge in [-0.15, -0.1) is 0 Å². The van der Waals surface area contributed by atoms with Crippen LogP contribution in [0.3, 0.4) is 0 Å². The van der Waals surface area contributed by atoms with E-state index in [1.165, 1.54) is 32.1 Å². The van der Waals surface area contributed by atoms with Crippen LogP contribution in [-0.4, -0.2) is 63.2 Å². The van der Waals surface area contributed by atoms with Gasteiger partial charge in [0.2, 0.25) is 5.91 Å². The van der Waals surface area contributed by atoms with E-state index in [1.807, 2.05) is 0 Å². The summed E-state index contributed by atoms with van der Waals surface area (Å²) in [5.41, 5.74) is 0.387. The molecule has 6 heteroatoms. The Hall–Kier alpha value is -1.30. The molecule has 1 unspecified atom stereocenters. The number of hydrogen-bond acceptors (Lipinski definition) is 3. The lowest BCUT2D eigenvalue weighted by Crippen LogP contribution is -2.45. The highest BCUT2D eigenvalue weighted by Gasteiger charge is 2.32. The number of nitrogens with zero attached hydrogens (tertiary/aromatic N) is 2. The second-order valence-electron chi connectivity index (χ2n) is 7.38. The fourth-order valence-electron chi connectivity index (χ4n) is 3.53. The summed E-state index contributed by atoms with van der Waals surface area (Å²) in [4.78, 5) is 17.9. The molecule has 2 rings (SSSR count). The minimum atomic E-state index is 0.0132. The number of rotatable bonds is 7. The van der Waals surface area contributed by atoms with E-state index < -0.39 is 0 Å². The van der Waals surface area contributed by atoms with Gasteiger partial charge < -0.3 is 20.3 Å². The standard InChI is InChI=1S/C18H34N4O2/c1-4-18(9-5-6-10-18)14-21-17(20-13-16(23)22(2)3)19-12-15-8-7-11-24-15/h15H,4-14H2,1-3H3,(H2,19,20,21). The van der Waals surface area contributed by atoms with Gasteiger partial charge in [0.25, 0.3) is 0 Å². The number of ether oxygens (including phenoxy) is 1. The first-order valence-electron chi connectivity index (χ1n) is 9.38. The van der Waals surface area contributed by atoms with Crippen molar-refractivity contribution in [3.63, 3.8) is 0 Å². The largest absolute Gasteiger partial charge is 0.376 e. The van der Waals surface area contributed by atoms with Gasteiger partial charge in [0.1, 0.15) is 6.54 Å². The second-order valence-corrected chi connectivity index (χ2v) is 7.38. The number of carbonyl (C=O) groups is 1. The molecule has 6 nitrogen and oxygen atoms in total. The van der Waals surface area contributed by atoms with Crippen molar-refractivity contribution in [2.45, 2.75) is 58.0 Å². The number of likely N-dealkylation sites (N-methyl/N-ethyl adjacent to an activating group) is 1. The second kappa shape index (κ2) is 9.25. The summed E-state index contributed by atoms with van der Waals surface area (Å²) < 4.78 is 5.67. The number of guanidine groups is 1. The average molecular weight is 338 g/mol. The molecule has 1 saturated carbocycles. The summed E-state index contributed by atoms with van der Waals surface area (Å²) in [6.07, 6.45) is 8.89. The van der Waals surface area contributed by atoms with Crippen LogP contribution in [0.15, 0.2) is 4.99 Å². The number of amides is 1. The van der Waals surface area contributed by atoms with Gasteiger partial charge in [0, 0.05) is 33.8 Å². The normalized spacial score (nSPS) is 23.3. The fourth-order valence-corrected chi connectivity index (χ4v) is 3.53. The summed E-state index contributed by atoms with van der Waals surface area (Å²) >= 11 is 0. The van der Waals surface area contributed by atoms with Crippen molar-refractivity contribution in [2.24, 2.45) is 10.4 Å². The van der Waals surface area contributed by atoms with Gasteiger partial charge in [-0.25, -0.2) is 4.99 Å². The van der Waals surface area contributed by atoms with Gasteiger partial charge in [-0.3, -0.25) is 4.79 Å². The van der Waals surface area contributed by atoms with E-state index >= 15 is 0 Å². The fraction of sp³-hybridized carbons (Fsp3) is 0.889. The summed E-state index contributed by atoms with van der Waals surface area (Å²) in [5.74, 6) is 0.750. The molecule has 1 atom stereocenters. The van der Waals surface area contributed by atoms with Crippen molar-refractivity contribution < 1.29 is 9.53 Å². The van der Waals surface area contributed by atoms with E-state index in [2.05, 4.69) is 22.5 Å². The lowest BCUT2D eigenvalue weighted by Gasteiger charge is -2.29. The third-order valence-corrected chi connectivity index (χ3v) is 5.44. The van der Waals surface area contributed by atoms with Crippen LogP contribution in [0.25, 0.3) is 0 Å². The monoisotopic (exact) mass is 338 g/mol. The molecule has 0 aromatic heterocycles. The molecule has 1 amide bonds. The molecule has 138 valence electrons. The zero-order chi connectivity index (χ0) is 17.4. The Labute approximate surface area is 146 Å². The first-order valence-corrected chi connectivity index (χ1v) is 9.38. The van der Waals surface area contributed by atoms with Crippen LogP contribution in [0, 0.1) is 5.41 Å². The van der Waals surface area contributed by atoms with Crippen LogP contribution in [0.1, 0.15) is 51.9 Å². The SMILES string of the molecule is CCC1(CNC(=NCC(=O)N(C)C)NCC2CCCO2)CCCC1. The molecule has 0 radical (unpaired) electrons. The minimum absolute atomic E-state index is 0.0132. The van der Waals surface area contributed by atoms with Crippen LogP contribution in [0.2, 0.25) is 0 Å². The van der Waals surface area contributed by atoms with Crippen molar-refractivity contribution in [2.75, 3.05) is 40.3 Å². The van der Waals surface area contributed by atoms with Crippen molar-refractivity contribution >= 4 is 11.9 Å². The van der Waals surface area contributed by atoms with E-state index in [0.29, 0.717) is 5.41 Å². The maximum atomic E-state index is 11.8. The predicted octanol–water partition coefficient (Wildman–Crippen LogP) is 1.76. The lowest BCUT2D eigenvalue weighted by molar-refractivity contribution is -0.127. The summed E-state index contributed by atoms with van der Waals surface area (Å²) in [6, 6.07) is 0. The van der Waals surface area contributed by atoms with Gasteiger partial charge in [0.15, 0.2) is 5.96 Å². The minimum Gasteiger partial charge on any atom is -0.376 e. The van der Waals surface area contributed by atoms with Crippen molar-refractivity contribution in [3.8, 4) is 0 Å². The maximum Gasteiger partial charge on any atom is 0.243 e. The van der Waals surface area contributed by atoms with E-state index in [1.54, 1.807) is 19.0 Å². The van der Waals surface area contributed by atoms with Crippen molar-refractivity contribution in [1.82, 2.24) is 15.5 Å². The Morgan fingerprint density at radius 3 is 2.58 bits per heavy atom. The van der Waals surface area contributed by atoms with Crippen LogP contribution >= 0.6 is 0 Å². The molecule has 2 N–H and O–H groups in total. The third kappa shape index (κ3) is 5.65. The number of carbonyl (C=O) groups excluding carboxylic acids is 1. The highest BCUT2D eigenvalue weighted by atomic mass is 16.5. The molecule has 0 aromatic rings. The Bertz CT molecular complexity index is 425. The molecule has 24 heavy (non-hydrogen) atoms. The smallest absolute Gasteiger partial charge is 0.243 e. The molecule has 2 fully saturated rings. The van der Waals surface area contributed by atoms with Gasteiger partial charge in [-0.05, 0) is 37.5 Å². The Kier molecular flexibility index (Phi) is 7.34. The highest BCUT2D eigenvalue weighted by Crippen LogP contribution is 2.40. The topological polar surface area (TPSA) is 66.0 Å². The Balaban J connectivity index is 1.90. The van der Waals surface area contributed by atoms with Crippen LogP contribution in [0.5, 0.6) is 0 Å². The highest BCUT2D eigenvalue weighted by molar-refractivity contribution is 5.84. The number of nitrogens with one attached hydrogen (secondary N) is 2. The van der Waals surface area contributed by atoms with E-state index in [9.17, 15) is 4.79 Å². The molecular formula is C18H34N4O2. The van der Waals surface area contributed by atoms with E-state index in [-0.39, 0.29) is 18.6 Å². The lowest BCUT2D eigenvalue weighted by atomic mass is 9.83. The first kappa shape index (κ1) is 19.0. The maximum absolute atomic E-state index is 11.8. The van der Waals surface area contributed by atoms with Crippen molar-refractivity contribution in [1.29, 1.82) is 0 Å². The Morgan fingerprint density at radius 1 is 1.25 bits per heavy atom. The van der Waals surface area contributed by atoms with E-state index in [0.717, 1.165) is 38.5 Å². The predicted molar refractivity (Wildman–Crippen MR) is 97.2 cm³/mol. The molecule has 1 saturated heterocycles.